The summed E-state index contributed by atoms with van der Waals surface area (Å²) in [6.07, 6.45) is 6.26. The predicted octanol–water partition coefficient (Wildman–Crippen LogP) is 3.32. The Balaban J connectivity index is 1.47. The Kier molecular flexibility index (Phi) is 7.08. The van der Waals surface area contributed by atoms with E-state index in [2.05, 4.69) is 19.7 Å². The third-order valence-electron chi connectivity index (χ3n) is 5.81. The van der Waals surface area contributed by atoms with Gasteiger partial charge in [-0.25, -0.2) is 23.1 Å². The summed E-state index contributed by atoms with van der Waals surface area (Å²) in [5, 5.41) is 0.546. The van der Waals surface area contributed by atoms with Gasteiger partial charge in [0.2, 0.25) is 0 Å². The summed E-state index contributed by atoms with van der Waals surface area (Å²) >= 11 is 0. The van der Waals surface area contributed by atoms with Crippen LogP contribution >= 0.6 is 0 Å². The van der Waals surface area contributed by atoms with Crippen LogP contribution in [0.25, 0.3) is 10.9 Å². The summed E-state index contributed by atoms with van der Waals surface area (Å²) in [5.74, 6) is 0.561. The van der Waals surface area contributed by atoms with Crippen molar-refractivity contribution in [2.24, 2.45) is 4.99 Å². The zero-order chi connectivity index (χ0) is 23.3. The molecule has 1 fully saturated rings. The highest BCUT2D eigenvalue weighted by Gasteiger charge is 2.20. The van der Waals surface area contributed by atoms with Crippen LogP contribution in [0.2, 0.25) is 0 Å². The summed E-state index contributed by atoms with van der Waals surface area (Å²) in [5.41, 5.74) is 1.28. The van der Waals surface area contributed by atoms with Gasteiger partial charge in [0.1, 0.15) is 5.82 Å². The van der Waals surface area contributed by atoms with Gasteiger partial charge in [-0.15, -0.1) is 0 Å². The van der Waals surface area contributed by atoms with E-state index in [1.165, 1.54) is 19.6 Å². The molecule has 33 heavy (non-hydrogen) atoms. The summed E-state index contributed by atoms with van der Waals surface area (Å²) in [6, 6.07) is 14.0. The van der Waals surface area contributed by atoms with E-state index < -0.39 is 10.0 Å². The number of sulfonamides is 1. The lowest BCUT2D eigenvalue weighted by atomic mass is 9.96. The van der Waals surface area contributed by atoms with Crippen LogP contribution in [0, 0.1) is 0 Å². The van der Waals surface area contributed by atoms with Crippen molar-refractivity contribution in [2.45, 2.75) is 55.9 Å². The van der Waals surface area contributed by atoms with Gasteiger partial charge in [-0.3, -0.25) is 4.79 Å². The molecule has 2 aromatic carbocycles. The van der Waals surface area contributed by atoms with Crippen LogP contribution in [0.15, 0.2) is 63.2 Å². The first-order chi connectivity index (χ1) is 15.9. The van der Waals surface area contributed by atoms with E-state index >= 15 is 0 Å². The maximum atomic E-state index is 12.9. The number of aromatic nitrogens is 2. The fourth-order valence-electron chi connectivity index (χ4n) is 4.05. The van der Waals surface area contributed by atoms with Crippen LogP contribution in [0.3, 0.4) is 0 Å². The number of rotatable bonds is 6. The first-order valence-electron chi connectivity index (χ1n) is 11.2. The Labute approximate surface area is 193 Å². The molecule has 0 radical (unpaired) electrons. The van der Waals surface area contributed by atoms with Gasteiger partial charge < -0.3 is 9.72 Å². The number of H-pyrrole nitrogens is 1. The molecule has 3 aromatic rings. The van der Waals surface area contributed by atoms with Crippen LogP contribution in [-0.4, -0.2) is 37.6 Å². The predicted molar refractivity (Wildman–Crippen MR) is 128 cm³/mol. The molecular formula is C24H28N4O4S. The van der Waals surface area contributed by atoms with Crippen LogP contribution < -0.4 is 10.3 Å². The van der Waals surface area contributed by atoms with Crippen molar-refractivity contribution >= 4 is 26.9 Å². The van der Waals surface area contributed by atoms with Gasteiger partial charge in [0, 0.05) is 6.42 Å². The van der Waals surface area contributed by atoms with E-state index in [0.29, 0.717) is 29.6 Å². The molecule has 0 spiro atoms. The molecule has 1 aliphatic rings. The summed E-state index contributed by atoms with van der Waals surface area (Å²) in [4.78, 5) is 24.2. The second kappa shape index (κ2) is 10.2. The van der Waals surface area contributed by atoms with Crippen molar-refractivity contribution in [1.29, 1.82) is 0 Å². The monoisotopic (exact) mass is 468 g/mol. The molecule has 4 rings (SSSR count). The minimum atomic E-state index is -3.84. The Morgan fingerprint density at radius 3 is 2.70 bits per heavy atom. The van der Waals surface area contributed by atoms with E-state index in [9.17, 15) is 13.2 Å². The minimum Gasteiger partial charge on any atom is -0.468 e. The van der Waals surface area contributed by atoms with Crippen molar-refractivity contribution in [3.05, 3.63) is 70.3 Å². The molecular weight excluding hydrogens is 440 g/mol. The number of amidine groups is 1. The van der Waals surface area contributed by atoms with Crippen LogP contribution in [0.5, 0.6) is 0 Å². The van der Waals surface area contributed by atoms with Crippen LogP contribution in [-0.2, 0) is 27.6 Å². The summed E-state index contributed by atoms with van der Waals surface area (Å²) in [6.45, 7) is 0. The first kappa shape index (κ1) is 23.0. The summed E-state index contributed by atoms with van der Waals surface area (Å²) < 4.78 is 33.5. The third-order valence-corrected chi connectivity index (χ3v) is 7.13. The average Bonchev–Trinajstić information content (AvgIpc) is 2.83. The molecule has 0 bridgehead atoms. The molecule has 1 aliphatic carbocycles. The third kappa shape index (κ3) is 5.78. The maximum Gasteiger partial charge on any atom is 0.298 e. The number of hydrogen-bond acceptors (Lipinski definition) is 6. The highest BCUT2D eigenvalue weighted by atomic mass is 32.2. The molecule has 1 heterocycles. The van der Waals surface area contributed by atoms with E-state index in [0.717, 1.165) is 31.2 Å². The second-order valence-electron chi connectivity index (χ2n) is 8.21. The molecule has 0 atom stereocenters. The van der Waals surface area contributed by atoms with Gasteiger partial charge in [-0.05, 0) is 49.1 Å². The van der Waals surface area contributed by atoms with Crippen molar-refractivity contribution in [3.8, 4) is 0 Å². The second-order valence-corrected chi connectivity index (χ2v) is 9.90. The Hall–Kier alpha value is -3.20. The van der Waals surface area contributed by atoms with Gasteiger partial charge in [0.15, 0.2) is 0 Å². The Morgan fingerprint density at radius 2 is 1.91 bits per heavy atom. The van der Waals surface area contributed by atoms with Crippen molar-refractivity contribution in [2.75, 3.05) is 7.11 Å². The number of fused-ring (bicyclic) bond motifs is 1. The maximum absolute atomic E-state index is 12.9. The lowest BCUT2D eigenvalue weighted by Crippen LogP contribution is -2.33. The molecule has 8 nitrogen and oxygen atoms in total. The van der Waals surface area contributed by atoms with E-state index in [4.69, 9.17) is 4.74 Å². The fourth-order valence-corrected chi connectivity index (χ4v) is 5.10. The lowest BCUT2D eigenvalue weighted by molar-refractivity contribution is 0.371. The van der Waals surface area contributed by atoms with Gasteiger partial charge in [0.05, 0.1) is 29.0 Å². The molecule has 0 amide bonds. The smallest absolute Gasteiger partial charge is 0.298 e. The molecule has 9 heteroatoms. The number of nitrogens with one attached hydrogen (secondary N) is 2. The average molecular weight is 469 g/mol. The number of para-hydroxylation sites is 1. The van der Waals surface area contributed by atoms with E-state index in [1.54, 1.807) is 30.3 Å². The summed E-state index contributed by atoms with van der Waals surface area (Å²) in [7, 11) is -2.43. The van der Waals surface area contributed by atoms with Crippen LogP contribution in [0.1, 0.15) is 43.5 Å². The number of benzene rings is 2. The van der Waals surface area contributed by atoms with Crippen molar-refractivity contribution in [3.63, 3.8) is 0 Å². The van der Waals surface area contributed by atoms with Crippen LogP contribution in [0.4, 0.5) is 0 Å². The van der Waals surface area contributed by atoms with Gasteiger partial charge >= 0.3 is 0 Å². The number of nitrogens with zero attached hydrogens (tertiary/aromatic N) is 2. The number of aliphatic imine (C=N–C) groups is 1. The van der Waals surface area contributed by atoms with E-state index in [1.807, 2.05) is 12.1 Å². The molecule has 174 valence electrons. The van der Waals surface area contributed by atoms with Crippen molar-refractivity contribution < 1.29 is 13.2 Å². The Bertz CT molecular complexity index is 1310. The molecule has 1 aromatic heterocycles. The first-order valence-corrected chi connectivity index (χ1v) is 12.6. The van der Waals surface area contributed by atoms with Gasteiger partial charge in [-0.1, -0.05) is 43.5 Å². The number of aromatic amines is 1. The highest BCUT2D eigenvalue weighted by Crippen LogP contribution is 2.21. The zero-order valence-corrected chi connectivity index (χ0v) is 19.4. The Morgan fingerprint density at radius 1 is 1.12 bits per heavy atom. The zero-order valence-electron chi connectivity index (χ0n) is 18.6. The molecule has 1 saturated carbocycles. The number of methoxy groups -OCH3 is 1. The SMILES string of the molecule is COC(=NC1CCCCC1)NS(=O)(=O)c1cccc(CCc2nc3ccccc3c(=O)[nH]2)c1. The standard InChI is InChI=1S/C24H28N4O4S/c1-32-24(25-18-9-3-2-4-10-18)28-33(30,31)19-11-7-8-17(16-19)14-15-22-26-21-13-6-5-12-20(21)23(29)27-22/h5-8,11-13,16,18H,2-4,9-10,14-15H2,1H3,(H,25,28)(H,26,27,29). The van der Waals surface area contributed by atoms with Crippen molar-refractivity contribution in [1.82, 2.24) is 14.7 Å². The van der Waals surface area contributed by atoms with E-state index in [-0.39, 0.29) is 22.5 Å². The molecule has 0 unspecified atom stereocenters. The topological polar surface area (TPSA) is 114 Å². The fraction of sp³-hybridized carbons (Fsp3) is 0.375. The van der Waals surface area contributed by atoms with Gasteiger partial charge in [0.25, 0.3) is 21.6 Å². The lowest BCUT2D eigenvalue weighted by Gasteiger charge is -2.19. The number of hydrogen-bond donors (Lipinski definition) is 2. The highest BCUT2D eigenvalue weighted by molar-refractivity contribution is 7.90. The number of aryl methyl sites for hydroxylation is 2. The molecule has 2 N–H and O–H groups in total. The molecule has 0 aliphatic heterocycles. The minimum absolute atomic E-state index is 0.0187. The number of ether oxygens (including phenoxy) is 1. The quantitative estimate of drug-likeness (QED) is 0.426. The normalized spacial score (nSPS) is 15.5. The molecule has 0 saturated heterocycles. The van der Waals surface area contributed by atoms with Gasteiger partial charge in [-0.2, -0.15) is 0 Å². The largest absolute Gasteiger partial charge is 0.468 e.